The minimum Gasteiger partial charge on any atom is -0.174 e. The van der Waals surface area contributed by atoms with Crippen LogP contribution in [0.3, 0.4) is 0 Å². The lowest BCUT2D eigenvalue weighted by atomic mass is 9.77. The fraction of sp³-hybridized carbons (Fsp3) is 0.704. The van der Waals surface area contributed by atoms with Gasteiger partial charge in [0.1, 0.15) is 0 Å². The monoisotopic (exact) mass is 404 g/mol. The Labute approximate surface area is 178 Å². The Balaban J connectivity index is 1.52. The number of allylic oxidation sites excluding steroid dienone is 1. The average Bonchev–Trinajstić information content (AvgIpc) is 2.74. The summed E-state index contributed by atoms with van der Waals surface area (Å²) in [6, 6.07) is 8.36. The van der Waals surface area contributed by atoms with Gasteiger partial charge in [-0.05, 0) is 61.1 Å². The third kappa shape index (κ3) is 10.4. The molecule has 1 aliphatic rings. The van der Waals surface area contributed by atoms with E-state index in [9.17, 15) is 8.78 Å². The zero-order valence-corrected chi connectivity index (χ0v) is 18.6. The highest BCUT2D eigenvalue weighted by Gasteiger charge is 2.21. The first-order valence-electron chi connectivity index (χ1n) is 12.3. The predicted octanol–water partition coefficient (Wildman–Crippen LogP) is 9.59. The third-order valence-electron chi connectivity index (χ3n) is 6.76. The van der Waals surface area contributed by atoms with Crippen LogP contribution in [0.5, 0.6) is 0 Å². The second-order valence-corrected chi connectivity index (χ2v) is 9.13. The highest BCUT2D eigenvalue weighted by atomic mass is 19.3. The van der Waals surface area contributed by atoms with Crippen molar-refractivity contribution in [2.75, 3.05) is 0 Å². The predicted molar refractivity (Wildman–Crippen MR) is 122 cm³/mol. The second kappa shape index (κ2) is 14.7. The van der Waals surface area contributed by atoms with Crippen molar-refractivity contribution in [1.29, 1.82) is 0 Å². The van der Waals surface area contributed by atoms with Gasteiger partial charge < -0.3 is 0 Å². The van der Waals surface area contributed by atoms with E-state index in [-0.39, 0.29) is 0 Å². The molecule has 0 bridgehead atoms. The Kier molecular flexibility index (Phi) is 12.3. The number of hydrogen-bond acceptors (Lipinski definition) is 0. The van der Waals surface area contributed by atoms with E-state index in [1.165, 1.54) is 102 Å². The van der Waals surface area contributed by atoms with E-state index in [1.54, 1.807) is 0 Å². The zero-order valence-electron chi connectivity index (χ0n) is 18.6. The largest absolute Gasteiger partial charge is 0.266 e. The van der Waals surface area contributed by atoms with Crippen LogP contribution in [0.15, 0.2) is 36.4 Å². The fourth-order valence-electron chi connectivity index (χ4n) is 4.83. The van der Waals surface area contributed by atoms with E-state index >= 15 is 0 Å². The van der Waals surface area contributed by atoms with E-state index in [1.807, 2.05) is 12.1 Å². The number of halogens is 2. The summed E-state index contributed by atoms with van der Waals surface area (Å²) >= 11 is 0. The third-order valence-corrected chi connectivity index (χ3v) is 6.76. The normalized spacial score (nSPS) is 19.3. The van der Waals surface area contributed by atoms with E-state index < -0.39 is 6.08 Å². The maximum Gasteiger partial charge on any atom is 0.266 e. The first-order chi connectivity index (χ1) is 14.2. The van der Waals surface area contributed by atoms with Gasteiger partial charge in [-0.2, -0.15) is 8.78 Å². The van der Waals surface area contributed by atoms with E-state index in [0.29, 0.717) is 12.3 Å². The summed E-state index contributed by atoms with van der Waals surface area (Å²) < 4.78 is 24.4. The van der Waals surface area contributed by atoms with Crippen LogP contribution in [-0.2, 0) is 6.42 Å². The molecule has 1 aromatic rings. The maximum atomic E-state index is 12.2. The molecule has 0 amide bonds. The summed E-state index contributed by atoms with van der Waals surface area (Å²) in [6.07, 6.45) is 20.7. The fourth-order valence-corrected chi connectivity index (χ4v) is 4.83. The Morgan fingerprint density at radius 1 is 0.793 bits per heavy atom. The molecule has 1 aliphatic carbocycles. The molecule has 0 nitrogen and oxygen atoms in total. The molecule has 0 spiro atoms. The first-order valence-corrected chi connectivity index (χ1v) is 12.3. The molecule has 29 heavy (non-hydrogen) atoms. The van der Waals surface area contributed by atoms with Crippen molar-refractivity contribution in [1.82, 2.24) is 0 Å². The van der Waals surface area contributed by atoms with Gasteiger partial charge >= 0.3 is 0 Å². The van der Waals surface area contributed by atoms with Crippen molar-refractivity contribution in [3.8, 4) is 0 Å². The molecule has 0 aliphatic heterocycles. The molecular formula is C27H42F2. The number of rotatable bonds is 14. The van der Waals surface area contributed by atoms with Gasteiger partial charge in [0.05, 0.1) is 0 Å². The second-order valence-electron chi connectivity index (χ2n) is 9.13. The maximum absolute atomic E-state index is 12.2. The molecule has 0 heterocycles. The molecule has 0 N–H and O–H groups in total. The van der Waals surface area contributed by atoms with Crippen molar-refractivity contribution in [2.45, 2.75) is 116 Å². The van der Waals surface area contributed by atoms with Crippen molar-refractivity contribution in [2.24, 2.45) is 5.92 Å². The minimum atomic E-state index is -1.59. The van der Waals surface area contributed by atoms with Crippen molar-refractivity contribution < 1.29 is 8.78 Å². The Morgan fingerprint density at radius 2 is 1.34 bits per heavy atom. The molecule has 1 aromatic carbocycles. The highest BCUT2D eigenvalue weighted by Crippen LogP contribution is 2.37. The topological polar surface area (TPSA) is 0 Å². The molecule has 1 saturated carbocycles. The van der Waals surface area contributed by atoms with Crippen LogP contribution in [0.2, 0.25) is 0 Å². The van der Waals surface area contributed by atoms with Crippen LogP contribution in [0.1, 0.15) is 120 Å². The average molecular weight is 405 g/mol. The van der Waals surface area contributed by atoms with Crippen LogP contribution in [-0.4, -0.2) is 0 Å². The summed E-state index contributed by atoms with van der Waals surface area (Å²) in [5.74, 6) is 1.60. The van der Waals surface area contributed by atoms with Gasteiger partial charge in [0.25, 0.3) is 6.08 Å². The lowest BCUT2D eigenvalue weighted by molar-refractivity contribution is 0.301. The molecule has 2 heteroatoms. The van der Waals surface area contributed by atoms with Crippen LogP contribution in [0.25, 0.3) is 0 Å². The lowest BCUT2D eigenvalue weighted by Gasteiger charge is -2.29. The lowest BCUT2D eigenvalue weighted by Crippen LogP contribution is -2.13. The van der Waals surface area contributed by atoms with E-state index in [0.717, 1.165) is 17.6 Å². The van der Waals surface area contributed by atoms with Crippen LogP contribution in [0.4, 0.5) is 8.78 Å². The van der Waals surface area contributed by atoms with Crippen LogP contribution >= 0.6 is 0 Å². The molecule has 0 atom stereocenters. The molecule has 0 aromatic heterocycles. The molecule has 164 valence electrons. The Morgan fingerprint density at radius 3 is 1.90 bits per heavy atom. The summed E-state index contributed by atoms with van der Waals surface area (Å²) in [5.41, 5.74) is 2.37. The van der Waals surface area contributed by atoms with Gasteiger partial charge in [-0.25, -0.2) is 0 Å². The van der Waals surface area contributed by atoms with Crippen molar-refractivity contribution >= 4 is 0 Å². The number of benzene rings is 1. The molecule has 0 unspecified atom stereocenters. The quantitative estimate of drug-likeness (QED) is 0.271. The smallest absolute Gasteiger partial charge is 0.174 e. The summed E-state index contributed by atoms with van der Waals surface area (Å²) in [4.78, 5) is 0. The molecule has 1 fully saturated rings. The van der Waals surface area contributed by atoms with Gasteiger partial charge in [-0.1, -0.05) is 102 Å². The zero-order chi connectivity index (χ0) is 20.7. The van der Waals surface area contributed by atoms with Gasteiger partial charge in [0, 0.05) is 0 Å². The molecule has 0 saturated heterocycles. The number of unbranched alkanes of at least 4 members (excludes halogenated alkanes) is 9. The van der Waals surface area contributed by atoms with Crippen LogP contribution < -0.4 is 0 Å². The summed E-state index contributed by atoms with van der Waals surface area (Å²) in [7, 11) is 0. The summed E-state index contributed by atoms with van der Waals surface area (Å²) in [5, 5.41) is 0. The minimum absolute atomic E-state index is 0.328. The van der Waals surface area contributed by atoms with E-state index in [4.69, 9.17) is 0 Å². The molecular weight excluding hydrogens is 362 g/mol. The van der Waals surface area contributed by atoms with Crippen molar-refractivity contribution in [3.63, 3.8) is 0 Å². The van der Waals surface area contributed by atoms with Gasteiger partial charge in [0.15, 0.2) is 0 Å². The first kappa shape index (κ1) is 24.1. The molecule has 0 radical (unpaired) electrons. The summed E-state index contributed by atoms with van der Waals surface area (Å²) in [6.45, 7) is 2.28. The van der Waals surface area contributed by atoms with Crippen molar-refractivity contribution in [3.05, 3.63) is 47.5 Å². The Bertz CT molecular complexity index is 548. The number of hydrogen-bond donors (Lipinski definition) is 0. The molecule has 2 rings (SSSR count). The Hall–Kier alpha value is -1.18. The van der Waals surface area contributed by atoms with Gasteiger partial charge in [0.2, 0.25) is 0 Å². The SMILES string of the molecule is CCCCCCCCCCCCC1CCC(c2ccc(CC=C(F)F)cc2)CC1. The van der Waals surface area contributed by atoms with E-state index in [2.05, 4.69) is 19.1 Å². The van der Waals surface area contributed by atoms with Gasteiger partial charge in [-0.3, -0.25) is 0 Å². The standard InChI is InChI=1S/C27H42F2/c1-2-3-4-5-6-7-8-9-10-11-12-23-13-18-25(19-14-23)26-20-15-24(16-21-26)17-22-27(28)29/h15-16,20-23,25H,2-14,17-19H2,1H3. The van der Waals surface area contributed by atoms with Gasteiger partial charge in [-0.15, -0.1) is 0 Å². The highest BCUT2D eigenvalue weighted by molar-refractivity contribution is 5.27. The van der Waals surface area contributed by atoms with Crippen LogP contribution in [0, 0.1) is 5.92 Å².